The molecule has 0 bridgehead atoms. The number of carbonyl (C=O) groups excluding carboxylic acids is 4. The van der Waals surface area contributed by atoms with Gasteiger partial charge in [-0.05, 0) is 38.0 Å². The van der Waals surface area contributed by atoms with Crippen molar-refractivity contribution < 1.29 is 28.8 Å². The van der Waals surface area contributed by atoms with Crippen LogP contribution in [0.25, 0.3) is 6.08 Å². The predicted molar refractivity (Wildman–Crippen MR) is 93.4 cm³/mol. The van der Waals surface area contributed by atoms with Crippen LogP contribution in [0.15, 0.2) is 30.0 Å². The highest BCUT2D eigenvalue weighted by atomic mass is 16.7. The van der Waals surface area contributed by atoms with E-state index >= 15 is 0 Å². The number of carbonyl (C=O) groups is 4. The van der Waals surface area contributed by atoms with Crippen LogP contribution in [-0.4, -0.2) is 39.4 Å². The van der Waals surface area contributed by atoms with E-state index < -0.39 is 29.5 Å². The molecule has 27 heavy (non-hydrogen) atoms. The minimum absolute atomic E-state index is 0.0101. The molecule has 0 unspecified atom stereocenters. The van der Waals surface area contributed by atoms with E-state index in [2.05, 4.69) is 0 Å². The molecule has 0 atom stereocenters. The lowest BCUT2D eigenvalue weighted by Crippen LogP contribution is -2.42. The van der Waals surface area contributed by atoms with Crippen LogP contribution in [0.5, 0.6) is 0 Å². The van der Waals surface area contributed by atoms with Gasteiger partial charge in [0.1, 0.15) is 11.3 Å². The van der Waals surface area contributed by atoms with E-state index in [0.717, 1.165) is 16.0 Å². The van der Waals surface area contributed by atoms with Crippen LogP contribution >= 0.6 is 0 Å². The lowest BCUT2D eigenvalue weighted by Gasteiger charge is -2.31. The molecule has 1 fully saturated rings. The van der Waals surface area contributed by atoms with Crippen molar-refractivity contribution in [1.29, 1.82) is 0 Å². The van der Waals surface area contributed by atoms with Crippen molar-refractivity contribution in [2.24, 2.45) is 0 Å². The molecule has 2 aliphatic heterocycles. The van der Waals surface area contributed by atoms with Crippen LogP contribution in [0.1, 0.15) is 44.7 Å². The molecular weight excluding hydrogens is 352 g/mol. The van der Waals surface area contributed by atoms with Crippen LogP contribution in [0.3, 0.4) is 0 Å². The lowest BCUT2D eigenvalue weighted by molar-refractivity contribution is -0.195. The van der Waals surface area contributed by atoms with Crippen molar-refractivity contribution in [3.8, 4) is 0 Å². The molecule has 3 amide bonds. The number of hydrogen-bond donors (Lipinski definition) is 0. The molecular formula is C19H20N2O6. The predicted octanol–water partition coefficient (Wildman–Crippen LogP) is 2.39. The second kappa shape index (κ2) is 6.86. The van der Waals surface area contributed by atoms with Crippen LogP contribution in [0.4, 0.5) is 4.79 Å². The van der Waals surface area contributed by atoms with Crippen LogP contribution in [-0.2, 0) is 30.5 Å². The topological polar surface area (TPSA) is 93.2 Å². The third-order valence-corrected chi connectivity index (χ3v) is 3.97. The van der Waals surface area contributed by atoms with Gasteiger partial charge in [0.15, 0.2) is 0 Å². The highest BCUT2D eigenvalue weighted by Crippen LogP contribution is 2.28. The number of imide groups is 1. The van der Waals surface area contributed by atoms with E-state index in [4.69, 9.17) is 9.57 Å². The summed E-state index contributed by atoms with van der Waals surface area (Å²) in [5.41, 5.74) is 0.705. The van der Waals surface area contributed by atoms with Gasteiger partial charge in [0.25, 0.3) is 11.8 Å². The summed E-state index contributed by atoms with van der Waals surface area (Å²) in [7, 11) is 0. The summed E-state index contributed by atoms with van der Waals surface area (Å²) in [4.78, 5) is 54.8. The molecule has 142 valence electrons. The number of ether oxygens (including phenoxy) is 1. The first-order valence-electron chi connectivity index (χ1n) is 8.54. The third-order valence-electron chi connectivity index (χ3n) is 3.97. The molecule has 1 aromatic carbocycles. The largest absolute Gasteiger partial charge is 0.443 e. The van der Waals surface area contributed by atoms with E-state index in [9.17, 15) is 19.2 Å². The number of hydrogen-bond acceptors (Lipinski definition) is 6. The standard InChI is InChI=1S/C19H20N2O6/c1-19(2,3)26-18(25)20-11-13-7-5-4-6-12(13)10-14(20)17(24)27-21-15(22)8-9-16(21)23/h4-7,10H,8-9,11H2,1-3H3. The first-order chi connectivity index (χ1) is 12.7. The van der Waals surface area contributed by atoms with Gasteiger partial charge in [-0.15, -0.1) is 5.06 Å². The maximum absolute atomic E-state index is 12.6. The number of nitrogens with zero attached hydrogens (tertiary/aromatic N) is 2. The molecule has 1 saturated heterocycles. The molecule has 8 nitrogen and oxygen atoms in total. The molecule has 0 aromatic heterocycles. The second-order valence-electron chi connectivity index (χ2n) is 7.26. The second-order valence-corrected chi connectivity index (χ2v) is 7.26. The summed E-state index contributed by atoms with van der Waals surface area (Å²) in [6.45, 7) is 5.25. The van der Waals surface area contributed by atoms with Gasteiger partial charge in [-0.25, -0.2) is 9.59 Å². The Morgan fingerprint density at radius 2 is 1.67 bits per heavy atom. The van der Waals surface area contributed by atoms with Crippen molar-refractivity contribution in [3.05, 3.63) is 41.1 Å². The summed E-state index contributed by atoms with van der Waals surface area (Å²) in [6.07, 6.45) is 0.739. The first-order valence-corrected chi connectivity index (χ1v) is 8.54. The van der Waals surface area contributed by atoms with E-state index in [1.807, 2.05) is 12.1 Å². The quantitative estimate of drug-likeness (QED) is 0.740. The van der Waals surface area contributed by atoms with Crippen molar-refractivity contribution in [2.45, 2.75) is 45.8 Å². The van der Waals surface area contributed by atoms with Gasteiger partial charge in [0, 0.05) is 12.8 Å². The molecule has 0 spiro atoms. The minimum Gasteiger partial charge on any atom is -0.443 e. The lowest BCUT2D eigenvalue weighted by atomic mass is 10.0. The Morgan fingerprint density at radius 3 is 2.30 bits per heavy atom. The van der Waals surface area contributed by atoms with Crippen LogP contribution in [0, 0.1) is 0 Å². The molecule has 2 aliphatic rings. The summed E-state index contributed by atoms with van der Waals surface area (Å²) < 4.78 is 5.38. The minimum atomic E-state index is -0.973. The van der Waals surface area contributed by atoms with Gasteiger partial charge >= 0.3 is 12.1 Å². The number of hydroxylamine groups is 2. The van der Waals surface area contributed by atoms with Crippen molar-refractivity contribution in [2.75, 3.05) is 0 Å². The average molecular weight is 372 g/mol. The number of fused-ring (bicyclic) bond motifs is 1. The van der Waals surface area contributed by atoms with Gasteiger partial charge in [-0.2, -0.15) is 0 Å². The normalized spacial score (nSPS) is 16.8. The molecule has 0 aliphatic carbocycles. The summed E-state index contributed by atoms with van der Waals surface area (Å²) >= 11 is 0. The zero-order valence-corrected chi connectivity index (χ0v) is 15.4. The van der Waals surface area contributed by atoms with Crippen LogP contribution in [0.2, 0.25) is 0 Å². The Bertz CT molecular complexity index is 836. The molecule has 1 aromatic rings. The fourth-order valence-corrected chi connectivity index (χ4v) is 2.74. The molecule has 8 heteroatoms. The summed E-state index contributed by atoms with van der Waals surface area (Å²) in [5.74, 6) is -2.15. The number of rotatable bonds is 2. The summed E-state index contributed by atoms with van der Waals surface area (Å²) in [6, 6.07) is 7.25. The van der Waals surface area contributed by atoms with Gasteiger partial charge in [-0.1, -0.05) is 24.3 Å². The highest BCUT2D eigenvalue weighted by Gasteiger charge is 2.37. The Labute approximate surface area is 156 Å². The van der Waals surface area contributed by atoms with E-state index in [0.29, 0.717) is 5.06 Å². The number of benzene rings is 1. The van der Waals surface area contributed by atoms with Crippen molar-refractivity contribution >= 4 is 30.0 Å². The van der Waals surface area contributed by atoms with Gasteiger partial charge in [0.05, 0.1) is 6.54 Å². The molecule has 0 N–H and O–H groups in total. The number of amides is 3. The Morgan fingerprint density at radius 1 is 1.04 bits per heavy atom. The smallest absolute Gasteiger partial charge is 0.415 e. The van der Waals surface area contributed by atoms with E-state index in [1.165, 1.54) is 6.08 Å². The fraction of sp³-hybridized carbons (Fsp3) is 0.368. The first kappa shape index (κ1) is 18.6. The third kappa shape index (κ3) is 3.99. The Kier molecular flexibility index (Phi) is 4.73. The van der Waals surface area contributed by atoms with E-state index in [1.54, 1.807) is 32.9 Å². The zero-order chi connectivity index (χ0) is 19.8. The molecule has 2 heterocycles. The molecule has 3 rings (SSSR count). The monoisotopic (exact) mass is 372 g/mol. The SMILES string of the molecule is CC(C)(C)OC(=O)N1Cc2ccccc2C=C1C(=O)ON1C(=O)CCC1=O. The fourth-order valence-electron chi connectivity index (χ4n) is 2.74. The van der Waals surface area contributed by atoms with Crippen molar-refractivity contribution in [1.82, 2.24) is 9.96 Å². The van der Waals surface area contributed by atoms with Gasteiger partial charge in [-0.3, -0.25) is 14.5 Å². The van der Waals surface area contributed by atoms with Crippen molar-refractivity contribution in [3.63, 3.8) is 0 Å². The van der Waals surface area contributed by atoms with Crippen LogP contribution < -0.4 is 0 Å². The Hall–Kier alpha value is -3.16. The average Bonchev–Trinajstić information content (AvgIpc) is 2.91. The highest BCUT2D eigenvalue weighted by molar-refractivity contribution is 6.04. The van der Waals surface area contributed by atoms with Gasteiger partial charge in [0.2, 0.25) is 0 Å². The summed E-state index contributed by atoms with van der Waals surface area (Å²) in [5, 5.41) is 0.455. The maximum atomic E-state index is 12.6. The van der Waals surface area contributed by atoms with E-state index in [-0.39, 0.29) is 25.1 Å². The maximum Gasteiger partial charge on any atom is 0.415 e. The molecule has 0 radical (unpaired) electrons. The molecule has 0 saturated carbocycles. The zero-order valence-electron chi connectivity index (χ0n) is 15.4. The Balaban J connectivity index is 1.91. The van der Waals surface area contributed by atoms with Gasteiger partial charge < -0.3 is 9.57 Å².